The van der Waals surface area contributed by atoms with Crippen LogP contribution in [0.4, 0.5) is 0 Å². The van der Waals surface area contributed by atoms with Crippen molar-refractivity contribution in [1.82, 2.24) is 0 Å². The summed E-state index contributed by atoms with van der Waals surface area (Å²) in [6.45, 7) is 6.36. The summed E-state index contributed by atoms with van der Waals surface area (Å²) < 4.78 is 16.9. The molecule has 0 aromatic heterocycles. The fourth-order valence-corrected chi connectivity index (χ4v) is 8.97. The van der Waals surface area contributed by atoms with Crippen LogP contribution in [0.1, 0.15) is 290 Å². The SMILES string of the molecule is CC/C=C\C/C=C\C/C=C\C/C=C\C/C=C\C/C=C\C/C=C\CCCCCCCCCCCC(=O)OCC(COC(=O)CCCCC/C=C\C/C=C\C/C=C\CC)OC(=O)CCCCCCCC/C=C\C/C=C\C/C=C\CCCCCCC. The highest BCUT2D eigenvalue weighted by Gasteiger charge is 2.19. The van der Waals surface area contributed by atoms with E-state index in [1.54, 1.807) is 0 Å². The van der Waals surface area contributed by atoms with Gasteiger partial charge in [-0.05, 0) is 148 Å². The largest absolute Gasteiger partial charge is 0.462 e. The van der Waals surface area contributed by atoms with Crippen molar-refractivity contribution < 1.29 is 28.6 Å². The molecular formula is C77H124O6. The number of rotatable bonds is 60. The summed E-state index contributed by atoms with van der Waals surface area (Å²) in [4.78, 5) is 38.4. The molecule has 1 atom stereocenters. The van der Waals surface area contributed by atoms with Gasteiger partial charge >= 0.3 is 17.9 Å². The van der Waals surface area contributed by atoms with Gasteiger partial charge in [0.15, 0.2) is 6.10 Å². The smallest absolute Gasteiger partial charge is 0.306 e. The molecule has 0 radical (unpaired) electrons. The Kier molecular flexibility index (Phi) is 65.4. The summed E-state index contributed by atoms with van der Waals surface area (Å²) in [7, 11) is 0. The first-order chi connectivity index (χ1) is 41.0. The lowest BCUT2D eigenvalue weighted by molar-refractivity contribution is -0.167. The average molecular weight is 1150 g/mol. The van der Waals surface area contributed by atoms with Crippen LogP contribution in [-0.2, 0) is 28.6 Å². The van der Waals surface area contributed by atoms with Crippen LogP contribution in [0.15, 0.2) is 158 Å². The van der Waals surface area contributed by atoms with E-state index in [0.29, 0.717) is 19.3 Å². The molecule has 0 aliphatic carbocycles. The van der Waals surface area contributed by atoms with Gasteiger partial charge in [-0.25, -0.2) is 0 Å². The van der Waals surface area contributed by atoms with Crippen molar-refractivity contribution in [3.63, 3.8) is 0 Å². The number of carbonyl (C=O) groups is 3. The first kappa shape index (κ1) is 78.0. The maximum absolute atomic E-state index is 12.9. The molecule has 0 fully saturated rings. The predicted octanol–water partition coefficient (Wildman–Crippen LogP) is 23.7. The topological polar surface area (TPSA) is 78.9 Å². The van der Waals surface area contributed by atoms with E-state index >= 15 is 0 Å². The second-order valence-electron chi connectivity index (χ2n) is 22.0. The van der Waals surface area contributed by atoms with E-state index in [1.165, 1.54) is 89.9 Å². The van der Waals surface area contributed by atoms with Gasteiger partial charge in [0.05, 0.1) is 0 Å². The number of ether oxygens (including phenoxy) is 3. The van der Waals surface area contributed by atoms with E-state index < -0.39 is 6.10 Å². The van der Waals surface area contributed by atoms with Gasteiger partial charge < -0.3 is 14.2 Å². The highest BCUT2D eigenvalue weighted by atomic mass is 16.6. The monoisotopic (exact) mass is 1140 g/mol. The van der Waals surface area contributed by atoms with Crippen molar-refractivity contribution in [2.24, 2.45) is 0 Å². The Morgan fingerprint density at radius 1 is 0.253 bits per heavy atom. The summed E-state index contributed by atoms with van der Waals surface area (Å²) in [6, 6.07) is 0. The lowest BCUT2D eigenvalue weighted by Gasteiger charge is -2.18. The van der Waals surface area contributed by atoms with Crippen LogP contribution in [0.25, 0.3) is 0 Å². The van der Waals surface area contributed by atoms with E-state index in [0.717, 1.165) is 161 Å². The predicted molar refractivity (Wildman–Crippen MR) is 362 cm³/mol. The van der Waals surface area contributed by atoms with E-state index in [-0.39, 0.29) is 31.1 Å². The van der Waals surface area contributed by atoms with Crippen molar-refractivity contribution in [2.45, 2.75) is 297 Å². The molecule has 1 unspecified atom stereocenters. The third kappa shape index (κ3) is 67.7. The van der Waals surface area contributed by atoms with Gasteiger partial charge in [0.25, 0.3) is 0 Å². The molecule has 6 nitrogen and oxygen atoms in total. The molecule has 6 heteroatoms. The maximum atomic E-state index is 12.9. The summed E-state index contributed by atoms with van der Waals surface area (Å²) >= 11 is 0. The molecule has 468 valence electrons. The van der Waals surface area contributed by atoms with Crippen molar-refractivity contribution in [3.05, 3.63) is 158 Å². The maximum Gasteiger partial charge on any atom is 0.306 e. The van der Waals surface area contributed by atoms with Crippen molar-refractivity contribution in [3.8, 4) is 0 Å². The number of carbonyl (C=O) groups excluding carboxylic acids is 3. The Bertz CT molecular complexity index is 1840. The fourth-order valence-electron chi connectivity index (χ4n) is 8.97. The molecule has 0 bridgehead atoms. The standard InChI is InChI=1S/C77H124O6/c1-4-7-10-13-16-19-22-25-27-29-31-33-34-35-36-37-38-39-40-41-42-44-45-47-49-52-55-58-61-64-67-70-76(79)82-73-74(72-81-75(78)69-66-63-60-57-54-51-24-21-18-15-12-9-6-3)83-77(80)71-68-65-62-59-56-53-50-48-46-43-32-30-28-26-23-20-17-14-11-8-5-2/h7,9-10,12,16,18-19,21,23,25-27,30-33,35-36,38-39,41-42,46,48,51,54,74H,4-6,8,11,13-15,17,20,22,24,28-29,34,37,40,43-45,47,49-50,52-53,55-73H2,1-3H3/b10-7-,12-9-,19-16-,21-18-,26-23-,27-25-,32-30-,33-31-,36-35-,39-38-,42-41-,48-46-,54-51-. The Balaban J connectivity index is 4.36. The molecule has 0 aliphatic rings. The van der Waals surface area contributed by atoms with Crippen LogP contribution in [0.3, 0.4) is 0 Å². The summed E-state index contributed by atoms with van der Waals surface area (Å²) in [5, 5.41) is 0. The van der Waals surface area contributed by atoms with E-state index in [4.69, 9.17) is 14.2 Å². The van der Waals surface area contributed by atoms with Crippen LogP contribution in [0.5, 0.6) is 0 Å². The molecule has 0 heterocycles. The Morgan fingerprint density at radius 2 is 0.470 bits per heavy atom. The average Bonchev–Trinajstić information content (AvgIpc) is 3.49. The van der Waals surface area contributed by atoms with Gasteiger partial charge in [-0.15, -0.1) is 0 Å². The van der Waals surface area contributed by atoms with Crippen LogP contribution >= 0.6 is 0 Å². The minimum Gasteiger partial charge on any atom is -0.462 e. The van der Waals surface area contributed by atoms with Crippen LogP contribution < -0.4 is 0 Å². The number of esters is 3. The van der Waals surface area contributed by atoms with Gasteiger partial charge in [-0.2, -0.15) is 0 Å². The molecule has 0 aromatic rings. The zero-order valence-corrected chi connectivity index (χ0v) is 53.7. The van der Waals surface area contributed by atoms with Gasteiger partial charge in [0.2, 0.25) is 0 Å². The third-order valence-electron chi connectivity index (χ3n) is 14.0. The van der Waals surface area contributed by atoms with Gasteiger partial charge in [-0.3, -0.25) is 14.4 Å². The number of allylic oxidation sites excluding steroid dienone is 26. The molecule has 0 N–H and O–H groups in total. The molecule has 0 saturated carbocycles. The minimum atomic E-state index is -0.808. The molecule has 0 amide bonds. The first-order valence-electron chi connectivity index (χ1n) is 34.0. The first-order valence-corrected chi connectivity index (χ1v) is 34.0. The van der Waals surface area contributed by atoms with Gasteiger partial charge in [0, 0.05) is 19.3 Å². The second kappa shape index (κ2) is 69.5. The Hall–Kier alpha value is -4.97. The zero-order valence-electron chi connectivity index (χ0n) is 53.7. The summed E-state index contributed by atoms with van der Waals surface area (Å²) in [6.07, 6.45) is 101. The molecule has 0 aromatic carbocycles. The zero-order chi connectivity index (χ0) is 59.9. The highest BCUT2D eigenvalue weighted by molar-refractivity contribution is 5.71. The molecule has 0 rings (SSSR count). The number of unbranched alkanes of at least 4 members (excludes halogenated alkanes) is 23. The van der Waals surface area contributed by atoms with Crippen molar-refractivity contribution in [1.29, 1.82) is 0 Å². The molecule has 0 saturated heterocycles. The van der Waals surface area contributed by atoms with Crippen LogP contribution in [0.2, 0.25) is 0 Å². The minimum absolute atomic E-state index is 0.102. The summed E-state index contributed by atoms with van der Waals surface area (Å²) in [5.41, 5.74) is 0. The van der Waals surface area contributed by atoms with Crippen molar-refractivity contribution >= 4 is 17.9 Å². The highest BCUT2D eigenvalue weighted by Crippen LogP contribution is 2.15. The fraction of sp³-hybridized carbons (Fsp3) is 0.623. The van der Waals surface area contributed by atoms with Crippen LogP contribution in [0, 0.1) is 0 Å². The normalized spacial score (nSPS) is 13.1. The molecular weight excluding hydrogens is 1020 g/mol. The molecule has 0 spiro atoms. The number of hydrogen-bond acceptors (Lipinski definition) is 6. The van der Waals surface area contributed by atoms with E-state index in [2.05, 4.69) is 179 Å². The van der Waals surface area contributed by atoms with Crippen molar-refractivity contribution in [2.75, 3.05) is 13.2 Å². The summed E-state index contributed by atoms with van der Waals surface area (Å²) in [5.74, 6) is -0.950. The van der Waals surface area contributed by atoms with E-state index in [1.807, 2.05) is 0 Å². The molecule has 83 heavy (non-hydrogen) atoms. The molecule has 0 aliphatic heterocycles. The second-order valence-corrected chi connectivity index (χ2v) is 22.0. The van der Waals surface area contributed by atoms with Crippen LogP contribution in [-0.4, -0.2) is 37.2 Å². The Morgan fingerprint density at radius 3 is 0.747 bits per heavy atom. The lowest BCUT2D eigenvalue weighted by atomic mass is 10.1. The van der Waals surface area contributed by atoms with E-state index in [9.17, 15) is 14.4 Å². The quantitative estimate of drug-likeness (QED) is 0.0261. The Labute approximate surface area is 511 Å². The van der Waals surface area contributed by atoms with Gasteiger partial charge in [0.1, 0.15) is 13.2 Å². The lowest BCUT2D eigenvalue weighted by Crippen LogP contribution is -2.30. The number of hydrogen-bond donors (Lipinski definition) is 0. The van der Waals surface area contributed by atoms with Gasteiger partial charge in [-0.1, -0.05) is 281 Å². The third-order valence-corrected chi connectivity index (χ3v) is 14.0.